The van der Waals surface area contributed by atoms with Gasteiger partial charge in [-0.3, -0.25) is 9.13 Å². The Morgan fingerprint density at radius 1 is 0.386 bits per heavy atom. The number of nitrogens with zero attached hydrogens (tertiary/aromatic N) is 5. The van der Waals surface area contributed by atoms with Crippen LogP contribution >= 0.6 is 0 Å². The molecule has 266 valence electrons. The molecule has 4 heterocycles. The van der Waals surface area contributed by atoms with E-state index in [0.29, 0.717) is 21.9 Å². The summed E-state index contributed by atoms with van der Waals surface area (Å²) < 4.78 is 224. The molecule has 0 unspecified atom stereocenters. The predicted molar refractivity (Wildman–Crippen MR) is 232 cm³/mol. The second kappa shape index (κ2) is 12.3. The van der Waals surface area contributed by atoms with Gasteiger partial charge in [0, 0.05) is 37.9 Å². The number of hydrogen-bond donors (Lipinski definition) is 0. The summed E-state index contributed by atoms with van der Waals surface area (Å²) in [4.78, 5) is 14.5. The molecule has 0 fully saturated rings. The maximum atomic E-state index is 9.92. The van der Waals surface area contributed by atoms with Crippen LogP contribution in [-0.2, 0) is 0 Å². The van der Waals surface area contributed by atoms with Gasteiger partial charge in [-0.2, -0.15) is 15.0 Å². The first-order valence-corrected chi connectivity index (χ1v) is 17.2. The maximum absolute atomic E-state index is 9.92. The molecule has 0 N–H and O–H groups in total. The Kier molecular flexibility index (Phi) is 3.49. The first kappa shape index (κ1) is 16.1. The van der Waals surface area contributed by atoms with Gasteiger partial charge in [0.15, 0.2) is 5.82 Å². The molecule has 0 saturated carbocycles. The molecule has 0 amide bonds. The number of benzene rings is 8. The van der Waals surface area contributed by atoms with Gasteiger partial charge in [-0.1, -0.05) is 139 Å². The van der Waals surface area contributed by atoms with Gasteiger partial charge < -0.3 is 4.42 Å². The van der Waals surface area contributed by atoms with Crippen LogP contribution in [0.2, 0.25) is 0 Å². The van der Waals surface area contributed by atoms with E-state index in [4.69, 9.17) is 38.6 Å². The quantitative estimate of drug-likeness (QED) is 0.176. The average molecular weight is 754 g/mol. The van der Waals surface area contributed by atoms with Crippen molar-refractivity contribution in [3.63, 3.8) is 0 Å². The lowest BCUT2D eigenvalue weighted by Crippen LogP contribution is -2.10. The number of rotatable bonds is 5. The molecule has 6 nitrogen and oxygen atoms in total. The molecule has 6 heteroatoms. The Morgan fingerprint density at radius 2 is 0.895 bits per heavy atom. The highest BCUT2D eigenvalue weighted by molar-refractivity contribution is 6.11. The fourth-order valence-corrected chi connectivity index (χ4v) is 6.97. The number of para-hydroxylation sites is 3. The van der Waals surface area contributed by atoms with Crippen molar-refractivity contribution >= 4 is 65.6 Å². The van der Waals surface area contributed by atoms with Gasteiger partial charge in [-0.25, -0.2) is 0 Å². The summed E-state index contributed by atoms with van der Waals surface area (Å²) in [6, 6.07) is -8.33. The first-order chi connectivity index (χ1) is 38.2. The van der Waals surface area contributed by atoms with Gasteiger partial charge in [0.1, 0.15) is 11.2 Å². The molecule has 0 saturated heterocycles. The molecular weight excluding hydrogens is 699 g/mol. The summed E-state index contributed by atoms with van der Waals surface area (Å²) >= 11 is 0. The summed E-state index contributed by atoms with van der Waals surface area (Å²) in [5, 5.41) is -0.697. The second-order valence-electron chi connectivity index (χ2n) is 12.6. The largest absolute Gasteiger partial charge is 0.456 e. The number of hydrogen-bond acceptors (Lipinski definition) is 4. The zero-order chi connectivity index (χ0) is 58.3. The summed E-state index contributed by atoms with van der Waals surface area (Å²) in [5.74, 6) is -1.72. The number of furan rings is 1. The Morgan fingerprint density at radius 3 is 1.49 bits per heavy atom. The van der Waals surface area contributed by atoms with Gasteiger partial charge in [0.25, 0.3) is 0 Å². The molecule has 4 aromatic heterocycles. The van der Waals surface area contributed by atoms with E-state index < -0.39 is 223 Å². The third-order valence-electron chi connectivity index (χ3n) is 9.46. The van der Waals surface area contributed by atoms with E-state index in [1.165, 1.54) is 6.07 Å². The van der Waals surface area contributed by atoms with Crippen molar-refractivity contribution < 1.29 is 37.3 Å². The highest BCUT2D eigenvalue weighted by Gasteiger charge is 2.22. The van der Waals surface area contributed by atoms with Crippen molar-refractivity contribution in [2.75, 3.05) is 0 Å². The van der Waals surface area contributed by atoms with Crippen LogP contribution in [0.1, 0.15) is 32.9 Å². The van der Waals surface area contributed by atoms with Gasteiger partial charge >= 0.3 is 0 Å². The van der Waals surface area contributed by atoms with Crippen molar-refractivity contribution in [2.24, 2.45) is 0 Å². The lowest BCUT2D eigenvalue weighted by molar-refractivity contribution is 0.669. The average Bonchev–Trinajstić information content (AvgIpc) is 2.06. The smallest absolute Gasteiger partial charge is 0.240 e. The molecule has 0 bridgehead atoms. The lowest BCUT2D eigenvalue weighted by Gasteiger charge is -2.13. The molecule has 12 aromatic rings. The molecular formula is C51H31N5O. The van der Waals surface area contributed by atoms with Crippen molar-refractivity contribution in [3.05, 3.63) is 187 Å². The SMILES string of the molecule is [2H]c1c([2H])c([2H])c(-c2c([2H])c([2H])c3c4c([2H])c([2H])c([2H])c([2H])c4n(-c4nc(-c5ccc6oc7ccccc7c6c5)nc(-n5c6c([2H])c([2H])c([2H])c([2H])c6c6c([2H])c([2H])c(-c7c([2H])c([2H])c([2H])c([2H])c7[2H])c([2H])c65)n4)c3c2[2H])c([2H])c1[2H]. The van der Waals surface area contributed by atoms with Crippen LogP contribution in [0.5, 0.6) is 0 Å². The maximum Gasteiger partial charge on any atom is 0.240 e. The molecule has 0 spiro atoms. The van der Waals surface area contributed by atoms with Crippen LogP contribution in [0.4, 0.5) is 0 Å². The number of aromatic nitrogens is 5. The fraction of sp³-hybridized carbons (Fsp3) is 0. The second-order valence-corrected chi connectivity index (χ2v) is 12.6. The summed E-state index contributed by atoms with van der Waals surface area (Å²) in [6.45, 7) is 0. The van der Waals surface area contributed by atoms with Crippen molar-refractivity contribution in [3.8, 4) is 45.5 Å². The molecule has 0 atom stereocenters. The van der Waals surface area contributed by atoms with E-state index in [-0.39, 0.29) is 11.4 Å². The first-order valence-electron chi connectivity index (χ1n) is 29.2. The van der Waals surface area contributed by atoms with Crippen LogP contribution in [0.15, 0.2) is 192 Å². The minimum atomic E-state index is -0.868. The molecule has 0 aliphatic heterocycles. The normalized spacial score (nSPS) is 17.8. The van der Waals surface area contributed by atoms with Crippen LogP contribution in [0.3, 0.4) is 0 Å². The van der Waals surface area contributed by atoms with E-state index in [1.807, 2.05) is 0 Å². The molecule has 0 aliphatic rings. The van der Waals surface area contributed by atoms with E-state index >= 15 is 0 Å². The molecule has 57 heavy (non-hydrogen) atoms. The standard InChI is InChI=1S/C51H31N5O/c1-3-13-32(14-4-1)34-23-26-39-37-17-7-10-20-43(37)55(45(39)30-34)50-52-49(36-25-28-48-42(29-36)41-19-9-12-22-47(41)57-48)53-51(54-50)56-44-21-11-8-18-38(44)40-27-24-35(31-46(40)56)33-15-5-2-6-16-33/h1-31H/i1D,2D,3D,4D,5D,6D,7D,8D,10D,11D,13D,14D,15D,16D,17D,18D,20D,21D,23D,24D,26D,27D,30D,31D. The molecule has 12 rings (SSSR count). The van der Waals surface area contributed by atoms with Gasteiger partial charge in [0.2, 0.25) is 11.9 Å². The minimum absolute atomic E-state index is 0.144. The van der Waals surface area contributed by atoms with E-state index in [1.54, 1.807) is 36.4 Å². The molecule has 0 aliphatic carbocycles. The third-order valence-corrected chi connectivity index (χ3v) is 9.46. The van der Waals surface area contributed by atoms with E-state index in [0.717, 1.165) is 9.13 Å². The van der Waals surface area contributed by atoms with Gasteiger partial charge in [0.05, 0.1) is 55.0 Å². The van der Waals surface area contributed by atoms with Gasteiger partial charge in [-0.05, 0) is 70.7 Å². The van der Waals surface area contributed by atoms with E-state index in [2.05, 4.69) is 0 Å². The lowest BCUT2D eigenvalue weighted by atomic mass is 10.0. The highest BCUT2D eigenvalue weighted by atomic mass is 16.3. The van der Waals surface area contributed by atoms with Gasteiger partial charge in [-0.15, -0.1) is 0 Å². The minimum Gasteiger partial charge on any atom is -0.456 e. The predicted octanol–water partition coefficient (Wildman–Crippen LogP) is 13.0. The summed E-state index contributed by atoms with van der Waals surface area (Å²) in [6.07, 6.45) is 0. The third kappa shape index (κ3) is 4.94. The van der Waals surface area contributed by atoms with Crippen LogP contribution in [-0.4, -0.2) is 24.1 Å². The summed E-state index contributed by atoms with van der Waals surface area (Å²) in [5.41, 5.74) is -3.87. The Balaban J connectivity index is 1.33. The van der Waals surface area contributed by atoms with Crippen LogP contribution < -0.4 is 0 Å². The van der Waals surface area contributed by atoms with Crippen molar-refractivity contribution in [1.29, 1.82) is 0 Å². The monoisotopic (exact) mass is 753 g/mol. The Bertz CT molecular complexity index is 4650. The highest BCUT2D eigenvalue weighted by Crippen LogP contribution is 2.38. The molecule has 0 radical (unpaired) electrons. The topological polar surface area (TPSA) is 61.7 Å². The Labute approximate surface area is 360 Å². The fourth-order valence-electron chi connectivity index (χ4n) is 6.97. The Hall–Kier alpha value is -7.83. The zero-order valence-corrected chi connectivity index (χ0v) is 28.7. The zero-order valence-electron chi connectivity index (χ0n) is 52.7. The number of fused-ring (bicyclic) bond motifs is 9. The van der Waals surface area contributed by atoms with Crippen LogP contribution in [0, 0.1) is 0 Å². The van der Waals surface area contributed by atoms with Crippen molar-refractivity contribution in [1.82, 2.24) is 24.1 Å². The summed E-state index contributed by atoms with van der Waals surface area (Å²) in [7, 11) is 0. The van der Waals surface area contributed by atoms with Crippen molar-refractivity contribution in [2.45, 2.75) is 0 Å². The molecule has 8 aromatic carbocycles. The van der Waals surface area contributed by atoms with Crippen LogP contribution in [0.25, 0.3) is 111 Å². The van der Waals surface area contributed by atoms with E-state index in [9.17, 15) is 13.7 Å².